The number of carbonyl (C=O) groups is 2. The SMILES string of the molecule is CCCC(=O)Nc1cc[c-]cc1C.CCCC(=O)Nc1ccc(-c2nc3ccccc3n2C)cc1C.Cn1cnc2ccccc21.I[I-]I.[I][V]([I])[I].[Y]. The van der Waals surface area contributed by atoms with Crippen LogP contribution in [0.25, 0.3) is 33.5 Å². The Labute approximate surface area is 412 Å². The summed E-state index contributed by atoms with van der Waals surface area (Å²) in [5, 5.41) is 5.82. The zero-order valence-corrected chi connectivity index (χ0v) is 48.1. The van der Waals surface area contributed by atoms with Gasteiger partial charge in [-0.25, -0.2) is 9.97 Å². The van der Waals surface area contributed by atoms with Gasteiger partial charge in [-0.3, -0.25) is 9.59 Å². The summed E-state index contributed by atoms with van der Waals surface area (Å²) in [5.74, 6) is 1.07. The molecule has 0 aliphatic rings. The van der Waals surface area contributed by atoms with Crippen LogP contribution in [0.5, 0.6) is 0 Å². The normalized spacial score (nSPS) is 10.0. The number of fused-ring (bicyclic) bond motifs is 2. The van der Waals surface area contributed by atoms with Crippen LogP contribution in [-0.4, -0.2) is 30.9 Å². The average molecular weight is 1520 g/mol. The number of hydrogen-bond acceptors (Lipinski definition) is 4. The number of amides is 2. The van der Waals surface area contributed by atoms with Crippen LogP contribution in [-0.2, 0) is 61.3 Å². The summed E-state index contributed by atoms with van der Waals surface area (Å²) in [6.07, 6.45) is 4.68. The molecule has 1 radical (unpaired) electrons. The minimum atomic E-state index is -0.278. The molecular weight excluding hydrogens is 1470 g/mol. The van der Waals surface area contributed by atoms with Crippen LogP contribution < -0.4 is 23.9 Å². The maximum absolute atomic E-state index is 11.8. The molecule has 0 bridgehead atoms. The number of nitrogens with one attached hydrogen (secondary N) is 2. The molecule has 289 valence electrons. The van der Waals surface area contributed by atoms with Gasteiger partial charge in [0, 0.05) is 70.9 Å². The molecule has 0 spiro atoms. The van der Waals surface area contributed by atoms with E-state index in [0.29, 0.717) is 26.1 Å². The van der Waals surface area contributed by atoms with Crippen LogP contribution >= 0.6 is 97.2 Å². The van der Waals surface area contributed by atoms with Crippen molar-refractivity contribution in [1.29, 1.82) is 0 Å². The number of halogens is 6. The summed E-state index contributed by atoms with van der Waals surface area (Å²) >= 11 is 12.7. The predicted molar refractivity (Wildman–Crippen MR) is 259 cm³/mol. The van der Waals surface area contributed by atoms with Gasteiger partial charge in [-0.2, -0.15) is 18.2 Å². The Morgan fingerprint density at radius 2 is 1.31 bits per heavy atom. The van der Waals surface area contributed by atoms with E-state index in [9.17, 15) is 9.59 Å². The van der Waals surface area contributed by atoms with Crippen LogP contribution in [0, 0.1) is 19.9 Å². The molecule has 6 rings (SSSR count). The Bertz CT molecular complexity index is 2020. The van der Waals surface area contributed by atoms with Gasteiger partial charge < -0.3 is 19.8 Å². The minimum absolute atomic E-state index is 0. The van der Waals surface area contributed by atoms with E-state index in [-0.39, 0.29) is 49.4 Å². The van der Waals surface area contributed by atoms with E-state index in [1.807, 2.05) is 113 Å². The zero-order chi connectivity index (χ0) is 39.3. The summed E-state index contributed by atoms with van der Waals surface area (Å²) in [5.41, 5.74) is 9.24. The number of hydrogen-bond donors (Lipinski definition) is 2. The quantitative estimate of drug-likeness (QED) is 0.123. The summed E-state index contributed by atoms with van der Waals surface area (Å²) < 4.78 is 4.11. The number of carbonyl (C=O) groups excluding carboxylic acids is 2. The molecule has 0 fully saturated rings. The second kappa shape index (κ2) is 29.9. The Kier molecular flexibility index (Phi) is 29.3. The molecule has 2 N–H and O–H groups in total. The predicted octanol–water partition coefficient (Wildman–Crippen LogP) is 9.82. The molecule has 0 unspecified atom stereocenters. The van der Waals surface area contributed by atoms with Crippen LogP contribution in [0.4, 0.5) is 11.4 Å². The second-order valence-electron chi connectivity index (χ2n) is 11.4. The molecule has 0 atom stereocenters. The topological polar surface area (TPSA) is 93.8 Å². The third-order valence-corrected chi connectivity index (χ3v) is 7.48. The maximum atomic E-state index is 11.8. The van der Waals surface area contributed by atoms with Crippen LogP contribution in [0.1, 0.15) is 50.7 Å². The van der Waals surface area contributed by atoms with Crippen LogP contribution in [0.15, 0.2) is 91.3 Å². The van der Waals surface area contributed by atoms with Crippen LogP contribution in [0.3, 0.4) is 0 Å². The zero-order valence-electron chi connectivity index (χ0n) is 30.9. The number of benzene rings is 4. The number of rotatable bonds is 7. The van der Waals surface area contributed by atoms with Crippen molar-refractivity contribution in [3.8, 4) is 11.4 Å². The van der Waals surface area contributed by atoms with Crippen molar-refractivity contribution in [3.05, 3.63) is 108 Å². The average Bonchev–Trinajstić information content (AvgIpc) is 3.67. The van der Waals surface area contributed by atoms with Crippen molar-refractivity contribution < 1.29 is 60.5 Å². The molecule has 6 aromatic rings. The Balaban J connectivity index is 0.000000398. The summed E-state index contributed by atoms with van der Waals surface area (Å²) in [4.78, 5) is 31.6. The van der Waals surface area contributed by atoms with E-state index in [1.54, 1.807) is 6.07 Å². The first-order valence-electron chi connectivity index (χ1n) is 16.5. The molecule has 0 aliphatic heterocycles. The van der Waals surface area contributed by atoms with Gasteiger partial charge in [0.15, 0.2) is 0 Å². The fourth-order valence-corrected chi connectivity index (χ4v) is 4.96. The number of aryl methyl sites for hydroxylation is 4. The molecule has 0 saturated carbocycles. The number of nitrogens with zero attached hydrogens (tertiary/aromatic N) is 4. The van der Waals surface area contributed by atoms with E-state index >= 15 is 0 Å². The van der Waals surface area contributed by atoms with Crippen molar-refractivity contribution in [2.75, 3.05) is 10.6 Å². The van der Waals surface area contributed by atoms with Gasteiger partial charge in [0.25, 0.3) is 0 Å². The number of aromatic nitrogens is 4. The van der Waals surface area contributed by atoms with E-state index in [1.165, 1.54) is 5.52 Å². The summed E-state index contributed by atoms with van der Waals surface area (Å²) in [7, 11) is 4.02. The first-order valence-corrected chi connectivity index (χ1v) is 42.5. The molecule has 2 heterocycles. The van der Waals surface area contributed by atoms with E-state index in [2.05, 4.69) is 142 Å². The van der Waals surface area contributed by atoms with Crippen molar-refractivity contribution in [1.82, 2.24) is 19.1 Å². The smallest absolute Gasteiger partial charge is 0 e. The Morgan fingerprint density at radius 3 is 1.81 bits per heavy atom. The summed E-state index contributed by atoms with van der Waals surface area (Å²) in [6, 6.07) is 30.7. The van der Waals surface area contributed by atoms with Crippen molar-refractivity contribution in [3.63, 3.8) is 0 Å². The van der Waals surface area contributed by atoms with E-state index < -0.39 is 0 Å². The third kappa shape index (κ3) is 19.3. The standard InChI is InChI=1S/C19H21N3O.C11H14NO.C8H8N2.I3.3HI.V.Y/c1-4-7-18(23)20-15-11-10-14(12-13(15)2)19-21-16-8-5-6-9-17(16)22(19)3;1-3-6-11(13)12-10-8-5-4-7-9(10)2;1-10-6-9-7-4-2-3-5-8(7)10;1-3-2;;;;;/h5-6,8-12H,4,7H2,1-3H3,(H,20,23);5,7-8H,3,6H2,1-2H3,(H,12,13);2-6H,1H3;;3*1H;;/q;-1;;-1;;;;+3;/p-3. The molecule has 8 nitrogen and oxygen atoms in total. The molecule has 16 heteroatoms. The largest absolute Gasteiger partial charge is 0 e. The first-order chi connectivity index (χ1) is 25.4. The third-order valence-electron chi connectivity index (χ3n) is 7.48. The second-order valence-corrected chi connectivity index (χ2v) is 63.1. The van der Waals surface area contributed by atoms with Crippen molar-refractivity contribution >= 4 is 142 Å². The van der Waals surface area contributed by atoms with Gasteiger partial charge >= 0.3 is 115 Å². The van der Waals surface area contributed by atoms with Gasteiger partial charge in [-0.15, -0.1) is 11.6 Å². The number of anilines is 2. The van der Waals surface area contributed by atoms with E-state index in [4.69, 9.17) is 4.98 Å². The monoisotopic (exact) mass is 1520 g/mol. The van der Waals surface area contributed by atoms with Crippen molar-refractivity contribution in [2.45, 2.75) is 53.4 Å². The van der Waals surface area contributed by atoms with E-state index in [0.717, 1.165) is 63.3 Å². The Morgan fingerprint density at radius 1 is 0.796 bits per heavy atom. The summed E-state index contributed by atoms with van der Waals surface area (Å²) in [6.45, 7) is 7.96. The minimum Gasteiger partial charge on any atom is 0 e. The van der Waals surface area contributed by atoms with Gasteiger partial charge in [0.2, 0.25) is 11.8 Å². The first kappa shape index (κ1) is 52.8. The van der Waals surface area contributed by atoms with Crippen molar-refractivity contribution in [2.24, 2.45) is 14.1 Å². The molecule has 0 saturated heterocycles. The fraction of sp³-hybridized carbons (Fsp3) is 0.263. The van der Waals surface area contributed by atoms with Gasteiger partial charge in [-0.05, 0) is 67.8 Å². The van der Waals surface area contributed by atoms with Gasteiger partial charge in [0.05, 0.1) is 28.4 Å². The van der Waals surface area contributed by atoms with Crippen LogP contribution in [0.2, 0.25) is 0 Å². The molecule has 0 aliphatic carbocycles. The maximum Gasteiger partial charge on any atom is 0 e. The molecule has 54 heavy (non-hydrogen) atoms. The van der Waals surface area contributed by atoms with Gasteiger partial charge in [0.1, 0.15) is 5.82 Å². The molecule has 2 aromatic heterocycles. The molecule has 4 aromatic carbocycles. The number of imidazole rings is 2. The van der Waals surface area contributed by atoms with Gasteiger partial charge in [-0.1, -0.05) is 50.7 Å². The number of para-hydroxylation sites is 4. The fourth-order valence-electron chi connectivity index (χ4n) is 4.96. The molecule has 2 amide bonds. The molecular formula is C38H43I6N6O2VY-2. The Hall–Kier alpha value is 0.828.